The zero-order chi connectivity index (χ0) is 5.28. The van der Waals surface area contributed by atoms with E-state index in [1.165, 1.54) is 6.20 Å². The minimum Gasteiger partial charge on any atom is -0.156 e. The first-order valence-electron chi connectivity index (χ1n) is 1.60. The number of hydrogen-bond donors (Lipinski definition) is 0. The van der Waals surface area contributed by atoms with E-state index < -0.39 is 0 Å². The van der Waals surface area contributed by atoms with Crippen LogP contribution < -0.4 is 5.43 Å². The van der Waals surface area contributed by atoms with Crippen molar-refractivity contribution in [3.8, 4) is 0 Å². The Bertz CT molecular complexity index is 124. The smallest absolute Gasteiger partial charge is 0.144 e. The molecule has 2 nitrogen and oxygen atoms in total. The van der Waals surface area contributed by atoms with Gasteiger partial charge in [0.25, 0.3) is 0 Å². The largest absolute Gasteiger partial charge is 0.156 e. The van der Waals surface area contributed by atoms with Crippen LogP contribution in [0.3, 0.4) is 0 Å². The summed E-state index contributed by atoms with van der Waals surface area (Å²) in [5, 5.41) is 4.25. The summed E-state index contributed by atoms with van der Waals surface area (Å²) in [7, 11) is 0. The Hall–Kier alpha value is 0.230. The summed E-state index contributed by atoms with van der Waals surface area (Å²) in [6, 6.07) is 0. The van der Waals surface area contributed by atoms with E-state index >= 15 is 0 Å². The Labute approximate surface area is 59.8 Å². The van der Waals surface area contributed by atoms with Crippen molar-refractivity contribution in [3.05, 3.63) is 11.2 Å². The van der Waals surface area contributed by atoms with Gasteiger partial charge in [0.1, 0.15) is 3.72 Å². The Morgan fingerprint density at radius 3 is 2.57 bits per heavy atom. The SMILES string of the molecule is ClC1=C[N]N=C1I. The van der Waals surface area contributed by atoms with Gasteiger partial charge in [-0.2, -0.15) is 5.43 Å². The molecule has 1 aliphatic rings. The first-order valence-corrected chi connectivity index (χ1v) is 3.06. The van der Waals surface area contributed by atoms with Crippen LogP contribution in [0.1, 0.15) is 0 Å². The third-order valence-electron chi connectivity index (χ3n) is 0.514. The topological polar surface area (TPSA) is 26.5 Å². The lowest BCUT2D eigenvalue weighted by Crippen LogP contribution is -1.75. The third kappa shape index (κ3) is 1.07. The molecular weight excluding hydrogens is 226 g/mol. The van der Waals surface area contributed by atoms with E-state index in [-0.39, 0.29) is 0 Å². The van der Waals surface area contributed by atoms with Gasteiger partial charge < -0.3 is 0 Å². The second kappa shape index (κ2) is 2.00. The van der Waals surface area contributed by atoms with Crippen LogP contribution in [0.5, 0.6) is 0 Å². The van der Waals surface area contributed by atoms with Gasteiger partial charge in [0.05, 0.1) is 11.2 Å². The second-order valence-corrected chi connectivity index (χ2v) is 2.41. The molecule has 0 aromatic carbocycles. The Morgan fingerprint density at radius 1 is 1.71 bits per heavy atom. The average molecular weight is 227 g/mol. The van der Waals surface area contributed by atoms with Crippen LogP contribution >= 0.6 is 34.2 Å². The lowest BCUT2D eigenvalue weighted by Gasteiger charge is -1.76. The number of hydrogen-bond acceptors (Lipinski definition) is 1. The molecule has 0 saturated heterocycles. The fraction of sp³-hybridized carbons (Fsp3) is 0. The lowest BCUT2D eigenvalue weighted by atomic mass is 10.7. The van der Waals surface area contributed by atoms with E-state index in [9.17, 15) is 0 Å². The molecule has 0 aromatic heterocycles. The van der Waals surface area contributed by atoms with Crippen molar-refractivity contribution in [2.24, 2.45) is 5.10 Å². The van der Waals surface area contributed by atoms with Gasteiger partial charge in [-0.1, -0.05) is 11.6 Å². The number of nitrogens with zero attached hydrogens (tertiary/aromatic N) is 2. The second-order valence-electron chi connectivity index (χ2n) is 0.983. The summed E-state index contributed by atoms with van der Waals surface area (Å²) in [6.45, 7) is 0. The molecule has 0 atom stereocenters. The molecule has 37 valence electrons. The molecule has 0 spiro atoms. The molecule has 1 heterocycles. The fourth-order valence-electron chi connectivity index (χ4n) is 0.231. The van der Waals surface area contributed by atoms with Crippen LogP contribution in [0.15, 0.2) is 16.3 Å². The highest BCUT2D eigenvalue weighted by molar-refractivity contribution is 14.1. The molecule has 0 saturated carbocycles. The van der Waals surface area contributed by atoms with Gasteiger partial charge in [0, 0.05) is 0 Å². The van der Waals surface area contributed by atoms with Crippen molar-refractivity contribution >= 4 is 37.9 Å². The zero-order valence-electron chi connectivity index (χ0n) is 3.23. The Morgan fingerprint density at radius 2 is 2.43 bits per heavy atom. The summed E-state index contributed by atoms with van der Waals surface area (Å²) >= 11 is 7.51. The van der Waals surface area contributed by atoms with Crippen LogP contribution in [0.4, 0.5) is 0 Å². The van der Waals surface area contributed by atoms with Crippen molar-refractivity contribution < 1.29 is 0 Å². The minimum absolute atomic E-state index is 0.626. The molecule has 0 aliphatic carbocycles. The Balaban J connectivity index is 2.78. The molecule has 1 rings (SSSR count). The molecule has 4 heteroatoms. The summed E-state index contributed by atoms with van der Waals surface area (Å²) in [5.74, 6) is 0. The quantitative estimate of drug-likeness (QED) is 0.560. The van der Waals surface area contributed by atoms with Gasteiger partial charge in [-0.3, -0.25) is 0 Å². The highest BCUT2D eigenvalue weighted by atomic mass is 127. The van der Waals surface area contributed by atoms with Crippen molar-refractivity contribution in [3.63, 3.8) is 0 Å². The van der Waals surface area contributed by atoms with E-state index in [2.05, 4.69) is 10.5 Å². The van der Waals surface area contributed by atoms with E-state index in [1.54, 1.807) is 0 Å². The van der Waals surface area contributed by atoms with E-state index in [0.29, 0.717) is 5.03 Å². The molecule has 0 bridgehead atoms. The van der Waals surface area contributed by atoms with Gasteiger partial charge in [-0.25, -0.2) is 0 Å². The van der Waals surface area contributed by atoms with Crippen LogP contribution in [-0.2, 0) is 0 Å². The highest BCUT2D eigenvalue weighted by Gasteiger charge is 2.04. The summed E-state index contributed by atoms with van der Waals surface area (Å²) in [6.07, 6.45) is 1.52. The van der Waals surface area contributed by atoms with E-state index in [4.69, 9.17) is 11.6 Å². The van der Waals surface area contributed by atoms with Crippen LogP contribution in [-0.4, -0.2) is 3.72 Å². The standard InChI is InChI=1S/C3HClIN2/c4-2-1-6-7-3(2)5/h1H. The van der Waals surface area contributed by atoms with Crippen molar-refractivity contribution in [1.82, 2.24) is 5.43 Å². The van der Waals surface area contributed by atoms with Crippen molar-refractivity contribution in [2.75, 3.05) is 0 Å². The first kappa shape index (κ1) is 5.37. The van der Waals surface area contributed by atoms with Gasteiger partial charge >= 0.3 is 0 Å². The summed E-state index contributed by atoms with van der Waals surface area (Å²) in [5.41, 5.74) is 3.53. The lowest BCUT2D eigenvalue weighted by molar-refractivity contribution is 0.975. The van der Waals surface area contributed by atoms with Crippen LogP contribution in [0.25, 0.3) is 0 Å². The highest BCUT2D eigenvalue weighted by Crippen LogP contribution is 2.13. The molecule has 0 N–H and O–H groups in total. The monoisotopic (exact) mass is 227 g/mol. The van der Waals surface area contributed by atoms with Crippen LogP contribution in [0.2, 0.25) is 0 Å². The predicted octanol–water partition coefficient (Wildman–Crippen LogP) is 1.43. The van der Waals surface area contributed by atoms with E-state index in [1.807, 2.05) is 22.6 Å². The van der Waals surface area contributed by atoms with Crippen LogP contribution in [0, 0.1) is 0 Å². The molecular formula is C3HClIN2. The molecule has 0 unspecified atom stereocenters. The van der Waals surface area contributed by atoms with Gasteiger partial charge in [-0.15, -0.1) is 5.10 Å². The number of rotatable bonds is 0. The van der Waals surface area contributed by atoms with Gasteiger partial charge in [0.15, 0.2) is 0 Å². The van der Waals surface area contributed by atoms with Gasteiger partial charge in [-0.05, 0) is 22.6 Å². The first-order chi connectivity index (χ1) is 3.30. The summed E-state index contributed by atoms with van der Waals surface area (Å²) < 4.78 is 0.763. The normalized spacial score (nSPS) is 18.0. The maximum atomic E-state index is 5.49. The molecule has 1 radical (unpaired) electrons. The van der Waals surface area contributed by atoms with Crippen molar-refractivity contribution in [2.45, 2.75) is 0 Å². The number of halogens is 2. The molecule has 7 heavy (non-hydrogen) atoms. The number of allylic oxidation sites excluding steroid dienone is 1. The zero-order valence-corrected chi connectivity index (χ0v) is 6.14. The molecule has 0 amide bonds. The minimum atomic E-state index is 0.626. The van der Waals surface area contributed by atoms with E-state index in [0.717, 1.165) is 3.72 Å². The molecule has 0 aromatic rings. The molecule has 0 fully saturated rings. The predicted molar refractivity (Wildman–Crippen MR) is 37.5 cm³/mol. The average Bonchev–Trinajstić information content (AvgIpc) is 1.91. The Kier molecular flexibility index (Phi) is 1.53. The fourth-order valence-corrected chi connectivity index (χ4v) is 0.577. The maximum Gasteiger partial charge on any atom is 0.144 e. The van der Waals surface area contributed by atoms with Crippen molar-refractivity contribution in [1.29, 1.82) is 0 Å². The third-order valence-corrected chi connectivity index (χ3v) is 1.91. The maximum absolute atomic E-state index is 5.49. The summed E-state index contributed by atoms with van der Waals surface area (Å²) in [4.78, 5) is 0. The van der Waals surface area contributed by atoms with Gasteiger partial charge in [0.2, 0.25) is 0 Å². The molecule has 1 aliphatic heterocycles.